The Labute approximate surface area is 116 Å². The molecule has 0 saturated heterocycles. The minimum absolute atomic E-state index is 0.138. The third-order valence-corrected chi connectivity index (χ3v) is 3.73. The molecule has 0 saturated carbocycles. The van der Waals surface area contributed by atoms with Gasteiger partial charge in [-0.3, -0.25) is 0 Å². The van der Waals surface area contributed by atoms with E-state index >= 15 is 0 Å². The molecule has 19 heavy (non-hydrogen) atoms. The van der Waals surface area contributed by atoms with Gasteiger partial charge in [0.05, 0.1) is 25.9 Å². The van der Waals surface area contributed by atoms with Crippen molar-refractivity contribution in [1.82, 2.24) is 4.98 Å². The molecule has 1 heterocycles. The summed E-state index contributed by atoms with van der Waals surface area (Å²) in [6, 6.07) is 5.75. The maximum Gasteiger partial charge on any atom is 0.145 e. The number of aryl methyl sites for hydroxylation is 1. The first-order chi connectivity index (χ1) is 9.21. The molecule has 2 aromatic rings. The van der Waals surface area contributed by atoms with Crippen LogP contribution in [0.2, 0.25) is 0 Å². The third kappa shape index (κ3) is 2.77. The van der Waals surface area contributed by atoms with Gasteiger partial charge in [0.15, 0.2) is 0 Å². The maximum absolute atomic E-state index is 8.90. The quantitative estimate of drug-likeness (QED) is 0.853. The number of methoxy groups -OCH3 is 2. The van der Waals surface area contributed by atoms with E-state index < -0.39 is 0 Å². The van der Waals surface area contributed by atoms with Crippen molar-refractivity contribution < 1.29 is 14.6 Å². The summed E-state index contributed by atoms with van der Waals surface area (Å²) in [6.07, 6.45) is 0. The lowest BCUT2D eigenvalue weighted by molar-refractivity contribution is 0.322. The number of ether oxygens (including phenoxy) is 2. The fraction of sp³-hybridized carbons (Fsp3) is 0.357. The van der Waals surface area contributed by atoms with Gasteiger partial charge in [0.25, 0.3) is 0 Å². The molecule has 0 aliphatic carbocycles. The molecule has 0 radical (unpaired) electrons. The molecule has 0 fully saturated rings. The number of thioether (sulfide) groups is 1. The highest BCUT2D eigenvalue weighted by molar-refractivity contribution is 7.99. The van der Waals surface area contributed by atoms with E-state index in [4.69, 9.17) is 14.6 Å². The van der Waals surface area contributed by atoms with Crippen LogP contribution >= 0.6 is 11.8 Å². The van der Waals surface area contributed by atoms with E-state index in [1.54, 1.807) is 14.2 Å². The third-order valence-electron chi connectivity index (χ3n) is 2.84. The molecule has 5 heteroatoms. The van der Waals surface area contributed by atoms with E-state index in [1.807, 2.05) is 25.1 Å². The Bertz CT molecular complexity index is 586. The lowest BCUT2D eigenvalue weighted by Crippen LogP contribution is -1.96. The average molecular weight is 279 g/mol. The van der Waals surface area contributed by atoms with E-state index in [2.05, 4.69) is 4.98 Å². The van der Waals surface area contributed by atoms with Crippen molar-refractivity contribution >= 4 is 22.7 Å². The molecular weight excluding hydrogens is 262 g/mol. The lowest BCUT2D eigenvalue weighted by Gasteiger charge is -2.12. The van der Waals surface area contributed by atoms with E-state index in [9.17, 15) is 0 Å². The Morgan fingerprint density at radius 1 is 1.21 bits per heavy atom. The monoisotopic (exact) mass is 279 g/mol. The Kier molecular flexibility index (Phi) is 4.50. The number of aliphatic hydroxyl groups excluding tert-OH is 1. The van der Waals surface area contributed by atoms with Crippen LogP contribution in [0, 0.1) is 6.92 Å². The number of hydrogen-bond acceptors (Lipinski definition) is 5. The molecule has 4 nitrogen and oxygen atoms in total. The number of benzene rings is 1. The first-order valence-corrected chi connectivity index (χ1v) is 6.95. The summed E-state index contributed by atoms with van der Waals surface area (Å²) in [6.45, 7) is 2.16. The van der Waals surface area contributed by atoms with Crippen LogP contribution in [-0.4, -0.2) is 36.7 Å². The summed E-state index contributed by atoms with van der Waals surface area (Å²) in [7, 11) is 3.28. The molecule has 0 atom stereocenters. The molecular formula is C14H17NO3S. The predicted octanol–water partition coefficient (Wildman–Crippen LogP) is 2.64. The Hall–Kier alpha value is -1.46. The van der Waals surface area contributed by atoms with Crippen LogP contribution < -0.4 is 9.47 Å². The normalized spacial score (nSPS) is 10.7. The van der Waals surface area contributed by atoms with Gasteiger partial charge in [-0.05, 0) is 30.7 Å². The molecule has 0 bridgehead atoms. The first kappa shape index (κ1) is 14.0. The van der Waals surface area contributed by atoms with Crippen LogP contribution in [0.4, 0.5) is 0 Å². The van der Waals surface area contributed by atoms with Crippen LogP contribution in [0.5, 0.6) is 11.5 Å². The topological polar surface area (TPSA) is 51.6 Å². The standard InChI is InChI=1S/C14H17NO3S/c1-9-8-12(19-7-6-16)15-14-11(18-3)5-4-10(17-2)13(9)14/h4-5,8,16H,6-7H2,1-3H3. The second kappa shape index (κ2) is 6.12. The SMILES string of the molecule is COc1ccc(OC)c2c(C)cc(SCCO)nc12. The van der Waals surface area contributed by atoms with Crippen LogP contribution in [-0.2, 0) is 0 Å². The van der Waals surface area contributed by atoms with Gasteiger partial charge < -0.3 is 14.6 Å². The molecule has 0 spiro atoms. The predicted molar refractivity (Wildman–Crippen MR) is 77.4 cm³/mol. The van der Waals surface area contributed by atoms with Crippen LogP contribution in [0.3, 0.4) is 0 Å². The van der Waals surface area contributed by atoms with Crippen molar-refractivity contribution in [2.75, 3.05) is 26.6 Å². The zero-order valence-electron chi connectivity index (χ0n) is 11.3. The molecule has 1 aromatic heterocycles. The minimum atomic E-state index is 0.138. The van der Waals surface area contributed by atoms with Gasteiger partial charge in [-0.2, -0.15) is 0 Å². The van der Waals surface area contributed by atoms with Crippen LogP contribution in [0.15, 0.2) is 23.2 Å². The van der Waals surface area contributed by atoms with E-state index in [0.29, 0.717) is 5.75 Å². The lowest BCUT2D eigenvalue weighted by atomic mass is 10.1. The van der Waals surface area contributed by atoms with Gasteiger partial charge in [-0.25, -0.2) is 4.98 Å². The highest BCUT2D eigenvalue weighted by atomic mass is 32.2. The van der Waals surface area contributed by atoms with Crippen molar-refractivity contribution in [2.45, 2.75) is 11.9 Å². The highest BCUT2D eigenvalue weighted by Crippen LogP contribution is 2.35. The van der Waals surface area contributed by atoms with Crippen molar-refractivity contribution in [1.29, 1.82) is 0 Å². The number of pyridine rings is 1. The first-order valence-electron chi connectivity index (χ1n) is 5.97. The largest absolute Gasteiger partial charge is 0.496 e. The molecule has 102 valence electrons. The van der Waals surface area contributed by atoms with Gasteiger partial charge in [-0.1, -0.05) is 0 Å². The summed E-state index contributed by atoms with van der Waals surface area (Å²) in [4.78, 5) is 4.60. The van der Waals surface area contributed by atoms with Gasteiger partial charge >= 0.3 is 0 Å². The van der Waals surface area contributed by atoms with Crippen LogP contribution in [0.25, 0.3) is 10.9 Å². The highest BCUT2D eigenvalue weighted by Gasteiger charge is 2.12. The van der Waals surface area contributed by atoms with Gasteiger partial charge in [0.2, 0.25) is 0 Å². The Balaban J connectivity index is 2.63. The van der Waals surface area contributed by atoms with E-state index in [1.165, 1.54) is 11.8 Å². The summed E-state index contributed by atoms with van der Waals surface area (Å²) in [5, 5.41) is 10.7. The summed E-state index contributed by atoms with van der Waals surface area (Å²) in [5.41, 5.74) is 1.88. The van der Waals surface area contributed by atoms with Gasteiger partial charge in [0, 0.05) is 11.1 Å². The van der Waals surface area contributed by atoms with Crippen molar-refractivity contribution in [3.05, 3.63) is 23.8 Å². The molecule has 0 unspecified atom stereocenters. The van der Waals surface area contributed by atoms with E-state index in [-0.39, 0.29) is 6.61 Å². The minimum Gasteiger partial charge on any atom is -0.496 e. The smallest absolute Gasteiger partial charge is 0.145 e. The van der Waals surface area contributed by atoms with E-state index in [0.717, 1.165) is 33.0 Å². The molecule has 0 amide bonds. The maximum atomic E-state index is 8.90. The average Bonchev–Trinajstić information content (AvgIpc) is 2.43. The fourth-order valence-electron chi connectivity index (χ4n) is 2.00. The van der Waals surface area contributed by atoms with Crippen LogP contribution in [0.1, 0.15) is 5.56 Å². The number of rotatable bonds is 5. The molecule has 0 aliphatic heterocycles. The number of hydrogen-bond donors (Lipinski definition) is 1. The molecule has 1 aromatic carbocycles. The molecule has 2 rings (SSSR count). The van der Waals surface area contributed by atoms with Gasteiger partial charge in [-0.15, -0.1) is 11.8 Å². The fourth-order valence-corrected chi connectivity index (χ4v) is 2.72. The van der Waals surface area contributed by atoms with Crippen molar-refractivity contribution in [3.63, 3.8) is 0 Å². The Morgan fingerprint density at radius 2 is 1.89 bits per heavy atom. The van der Waals surface area contributed by atoms with Crippen molar-refractivity contribution in [2.24, 2.45) is 0 Å². The zero-order valence-corrected chi connectivity index (χ0v) is 12.1. The number of aromatic nitrogens is 1. The second-order valence-corrected chi connectivity index (χ2v) is 5.16. The second-order valence-electron chi connectivity index (χ2n) is 4.04. The van der Waals surface area contributed by atoms with Crippen molar-refractivity contribution in [3.8, 4) is 11.5 Å². The number of nitrogens with zero attached hydrogens (tertiary/aromatic N) is 1. The molecule has 1 N–H and O–H groups in total. The van der Waals surface area contributed by atoms with Gasteiger partial charge in [0.1, 0.15) is 17.0 Å². The summed E-state index contributed by atoms with van der Waals surface area (Å²) in [5.74, 6) is 2.15. The Morgan fingerprint density at radius 3 is 2.53 bits per heavy atom. The summed E-state index contributed by atoms with van der Waals surface area (Å²) >= 11 is 1.52. The number of aliphatic hydroxyl groups is 1. The zero-order chi connectivity index (χ0) is 13.8. The summed E-state index contributed by atoms with van der Waals surface area (Å²) < 4.78 is 10.8. The number of fused-ring (bicyclic) bond motifs is 1. The molecule has 0 aliphatic rings.